The van der Waals surface area contributed by atoms with Gasteiger partial charge in [-0.2, -0.15) is 0 Å². The van der Waals surface area contributed by atoms with E-state index in [1.807, 2.05) is 60.7 Å². The van der Waals surface area contributed by atoms with E-state index < -0.39 is 11.9 Å². The maximum absolute atomic E-state index is 12.4. The van der Waals surface area contributed by atoms with Gasteiger partial charge in [-0.25, -0.2) is 0 Å². The molecule has 7 heteroatoms. The minimum atomic E-state index is -0.721. The van der Waals surface area contributed by atoms with E-state index in [0.717, 1.165) is 22.0 Å². The van der Waals surface area contributed by atoms with Crippen LogP contribution < -0.4 is 16.0 Å². The van der Waals surface area contributed by atoms with E-state index in [-0.39, 0.29) is 18.4 Å². The lowest BCUT2D eigenvalue weighted by molar-refractivity contribution is -0.129. The lowest BCUT2D eigenvalue weighted by Gasteiger charge is -2.15. The Balaban J connectivity index is 1.39. The van der Waals surface area contributed by atoms with Crippen molar-refractivity contribution in [2.45, 2.75) is 32.4 Å². The van der Waals surface area contributed by atoms with E-state index in [0.29, 0.717) is 19.4 Å². The third-order valence-electron chi connectivity index (χ3n) is 4.89. The molecular weight excluding hydrogens is 392 g/mol. The number of aryl methyl sites for hydroxylation is 1. The van der Waals surface area contributed by atoms with Crippen molar-refractivity contribution in [2.24, 2.45) is 0 Å². The molecule has 31 heavy (non-hydrogen) atoms. The highest BCUT2D eigenvalue weighted by atomic mass is 16.2. The number of fused-ring (bicyclic) bond motifs is 1. The van der Waals surface area contributed by atoms with Crippen LogP contribution in [-0.2, 0) is 27.3 Å². The van der Waals surface area contributed by atoms with E-state index in [1.165, 1.54) is 0 Å². The standard InChI is InChI=1S/C24H26N4O3/c1-17(24(31)27-15-19-13-14-25-21-10-6-5-9-20(19)21)28-23(30)16-26-22(29)12-11-18-7-3-2-4-8-18/h2-10,13-14,17H,11-12,15-16H2,1H3,(H,26,29)(H,27,31)(H,28,30). The van der Waals surface area contributed by atoms with Crippen LogP contribution in [0.25, 0.3) is 10.9 Å². The second-order valence-electron chi connectivity index (χ2n) is 7.26. The zero-order valence-corrected chi connectivity index (χ0v) is 17.4. The number of rotatable bonds is 9. The normalized spacial score (nSPS) is 11.5. The molecule has 0 fully saturated rings. The number of amides is 3. The zero-order chi connectivity index (χ0) is 22.1. The van der Waals surface area contributed by atoms with Crippen molar-refractivity contribution in [1.82, 2.24) is 20.9 Å². The van der Waals surface area contributed by atoms with Crippen LogP contribution in [0.3, 0.4) is 0 Å². The number of nitrogens with one attached hydrogen (secondary N) is 3. The molecule has 1 atom stereocenters. The van der Waals surface area contributed by atoms with Gasteiger partial charge in [0.15, 0.2) is 0 Å². The molecule has 1 aromatic heterocycles. The first kappa shape index (κ1) is 22.0. The molecule has 3 rings (SSSR count). The molecular formula is C24H26N4O3. The lowest BCUT2D eigenvalue weighted by Crippen LogP contribution is -2.47. The molecule has 3 N–H and O–H groups in total. The van der Waals surface area contributed by atoms with Gasteiger partial charge < -0.3 is 16.0 Å². The van der Waals surface area contributed by atoms with Crippen molar-refractivity contribution in [2.75, 3.05) is 6.54 Å². The van der Waals surface area contributed by atoms with Gasteiger partial charge in [0.05, 0.1) is 12.1 Å². The number of para-hydroxylation sites is 1. The van der Waals surface area contributed by atoms with Crippen LogP contribution in [0, 0.1) is 0 Å². The molecule has 0 radical (unpaired) electrons. The number of pyridine rings is 1. The van der Waals surface area contributed by atoms with Crippen LogP contribution in [-0.4, -0.2) is 35.3 Å². The predicted octanol–water partition coefficient (Wildman–Crippen LogP) is 2.10. The second kappa shape index (κ2) is 10.9. The SMILES string of the molecule is CC(NC(=O)CNC(=O)CCc1ccccc1)C(=O)NCc1ccnc2ccccc12. The molecule has 0 saturated carbocycles. The summed E-state index contributed by atoms with van der Waals surface area (Å²) in [6.45, 7) is 1.77. The first-order chi connectivity index (χ1) is 15.0. The van der Waals surface area contributed by atoms with Gasteiger partial charge in [-0.15, -0.1) is 0 Å². The molecule has 0 aliphatic rings. The molecule has 0 aliphatic carbocycles. The summed E-state index contributed by atoms with van der Waals surface area (Å²) < 4.78 is 0. The molecule has 0 aliphatic heterocycles. The summed E-state index contributed by atoms with van der Waals surface area (Å²) in [7, 11) is 0. The van der Waals surface area contributed by atoms with Gasteiger partial charge in [0.1, 0.15) is 6.04 Å². The van der Waals surface area contributed by atoms with E-state index in [4.69, 9.17) is 0 Å². The quantitative estimate of drug-likeness (QED) is 0.495. The highest BCUT2D eigenvalue weighted by Gasteiger charge is 2.16. The minimum Gasteiger partial charge on any atom is -0.350 e. The molecule has 3 aromatic rings. The Morgan fingerprint density at radius 3 is 2.45 bits per heavy atom. The van der Waals surface area contributed by atoms with Crippen molar-refractivity contribution in [1.29, 1.82) is 0 Å². The summed E-state index contributed by atoms with van der Waals surface area (Å²) in [4.78, 5) is 40.7. The van der Waals surface area contributed by atoms with E-state index in [1.54, 1.807) is 13.1 Å². The maximum Gasteiger partial charge on any atom is 0.242 e. The molecule has 0 saturated heterocycles. The monoisotopic (exact) mass is 418 g/mol. The molecule has 1 heterocycles. The van der Waals surface area contributed by atoms with Gasteiger partial charge in [-0.05, 0) is 36.6 Å². The molecule has 3 amide bonds. The summed E-state index contributed by atoms with van der Waals surface area (Å²) >= 11 is 0. The fourth-order valence-electron chi connectivity index (χ4n) is 3.17. The van der Waals surface area contributed by atoms with Crippen LogP contribution in [0.1, 0.15) is 24.5 Å². The topological polar surface area (TPSA) is 100 Å². The average molecular weight is 418 g/mol. The average Bonchev–Trinajstić information content (AvgIpc) is 2.80. The van der Waals surface area contributed by atoms with Gasteiger partial charge in [-0.3, -0.25) is 19.4 Å². The second-order valence-corrected chi connectivity index (χ2v) is 7.26. The number of nitrogens with zero attached hydrogens (tertiary/aromatic N) is 1. The first-order valence-corrected chi connectivity index (χ1v) is 10.2. The lowest BCUT2D eigenvalue weighted by atomic mass is 10.1. The van der Waals surface area contributed by atoms with Crippen LogP contribution >= 0.6 is 0 Å². The summed E-state index contributed by atoms with van der Waals surface area (Å²) in [6, 6.07) is 18.5. The Labute approximate surface area is 181 Å². The summed E-state index contributed by atoms with van der Waals surface area (Å²) in [5.74, 6) is -0.921. The summed E-state index contributed by atoms with van der Waals surface area (Å²) in [5, 5.41) is 8.99. The van der Waals surface area contributed by atoms with Crippen LogP contribution in [0.2, 0.25) is 0 Å². The van der Waals surface area contributed by atoms with Crippen molar-refractivity contribution >= 4 is 28.6 Å². The van der Waals surface area contributed by atoms with Crippen molar-refractivity contribution < 1.29 is 14.4 Å². The Hall–Kier alpha value is -3.74. The molecule has 2 aromatic carbocycles. The fourth-order valence-corrected chi connectivity index (χ4v) is 3.17. The van der Waals surface area contributed by atoms with Crippen molar-refractivity contribution in [3.05, 3.63) is 78.0 Å². The Morgan fingerprint density at radius 1 is 0.903 bits per heavy atom. The van der Waals surface area contributed by atoms with E-state index in [2.05, 4.69) is 20.9 Å². The van der Waals surface area contributed by atoms with Crippen molar-refractivity contribution in [3.8, 4) is 0 Å². The highest BCUT2D eigenvalue weighted by Crippen LogP contribution is 2.15. The van der Waals surface area contributed by atoms with Gasteiger partial charge in [0.25, 0.3) is 0 Å². The molecule has 7 nitrogen and oxygen atoms in total. The summed E-state index contributed by atoms with van der Waals surface area (Å²) in [5.41, 5.74) is 2.87. The number of carbonyl (C=O) groups is 3. The largest absolute Gasteiger partial charge is 0.350 e. The fraction of sp³-hybridized carbons (Fsp3) is 0.250. The predicted molar refractivity (Wildman–Crippen MR) is 119 cm³/mol. The Bertz CT molecular complexity index is 1050. The third kappa shape index (κ3) is 6.64. The van der Waals surface area contributed by atoms with Gasteiger partial charge in [-0.1, -0.05) is 48.5 Å². The third-order valence-corrected chi connectivity index (χ3v) is 4.89. The summed E-state index contributed by atoms with van der Waals surface area (Å²) in [6.07, 6.45) is 2.61. The Kier molecular flexibility index (Phi) is 7.70. The van der Waals surface area contributed by atoms with Crippen LogP contribution in [0.5, 0.6) is 0 Å². The molecule has 0 spiro atoms. The number of hydrogen-bond acceptors (Lipinski definition) is 4. The maximum atomic E-state index is 12.4. The van der Waals surface area contributed by atoms with Crippen molar-refractivity contribution in [3.63, 3.8) is 0 Å². The van der Waals surface area contributed by atoms with Gasteiger partial charge in [0.2, 0.25) is 17.7 Å². The van der Waals surface area contributed by atoms with Crippen LogP contribution in [0.4, 0.5) is 0 Å². The number of aromatic nitrogens is 1. The Morgan fingerprint density at radius 2 is 1.65 bits per heavy atom. The number of hydrogen-bond donors (Lipinski definition) is 3. The molecule has 0 bridgehead atoms. The minimum absolute atomic E-state index is 0.166. The number of carbonyl (C=O) groups excluding carboxylic acids is 3. The smallest absolute Gasteiger partial charge is 0.242 e. The van der Waals surface area contributed by atoms with Crippen LogP contribution in [0.15, 0.2) is 66.9 Å². The highest BCUT2D eigenvalue weighted by molar-refractivity contribution is 5.90. The zero-order valence-electron chi connectivity index (χ0n) is 17.4. The molecule has 1 unspecified atom stereocenters. The van der Waals surface area contributed by atoms with E-state index in [9.17, 15) is 14.4 Å². The molecule has 160 valence electrons. The van der Waals surface area contributed by atoms with E-state index >= 15 is 0 Å². The first-order valence-electron chi connectivity index (χ1n) is 10.2. The number of benzene rings is 2. The van der Waals surface area contributed by atoms with Gasteiger partial charge in [0, 0.05) is 24.5 Å². The van der Waals surface area contributed by atoms with Gasteiger partial charge >= 0.3 is 0 Å².